The lowest BCUT2D eigenvalue weighted by Crippen LogP contribution is -2.43. The number of hydrogen-bond acceptors (Lipinski definition) is 3. The number of ether oxygens (including phenoxy) is 2. The van der Waals surface area contributed by atoms with E-state index in [1.807, 2.05) is 31.2 Å². The highest BCUT2D eigenvalue weighted by Crippen LogP contribution is 2.43. The van der Waals surface area contributed by atoms with Crippen molar-refractivity contribution in [3.63, 3.8) is 0 Å². The number of rotatable bonds is 9. The zero-order chi connectivity index (χ0) is 15.1. The summed E-state index contributed by atoms with van der Waals surface area (Å²) in [6.45, 7) is 8.97. The highest BCUT2D eigenvalue weighted by Gasteiger charge is 2.36. The standard InChI is InChI=1S/C18H29NO2/c1-4-20-16-8-5-6-9-17(16)21-13-12-18(10-7-11-18)14-19-15(2)3/h5-6,8-9,15,19H,4,7,10-14H2,1-3H3. The van der Waals surface area contributed by atoms with Gasteiger partial charge in [-0.1, -0.05) is 32.4 Å². The molecule has 0 saturated heterocycles. The fourth-order valence-corrected chi connectivity index (χ4v) is 2.83. The van der Waals surface area contributed by atoms with E-state index in [-0.39, 0.29) is 0 Å². The van der Waals surface area contributed by atoms with Crippen LogP contribution in [0.3, 0.4) is 0 Å². The molecule has 21 heavy (non-hydrogen) atoms. The van der Waals surface area contributed by atoms with Crippen molar-refractivity contribution in [1.29, 1.82) is 0 Å². The average molecular weight is 291 g/mol. The van der Waals surface area contributed by atoms with Crippen LogP contribution < -0.4 is 14.8 Å². The van der Waals surface area contributed by atoms with Gasteiger partial charge in [0.2, 0.25) is 0 Å². The second-order valence-electron chi connectivity index (χ2n) is 6.37. The maximum Gasteiger partial charge on any atom is 0.161 e. The predicted molar refractivity (Wildman–Crippen MR) is 87.1 cm³/mol. The topological polar surface area (TPSA) is 30.5 Å². The molecule has 0 radical (unpaired) electrons. The Bertz CT molecular complexity index is 427. The number of hydrogen-bond donors (Lipinski definition) is 1. The summed E-state index contributed by atoms with van der Waals surface area (Å²) in [5.41, 5.74) is 0.449. The van der Waals surface area contributed by atoms with Gasteiger partial charge in [-0.3, -0.25) is 0 Å². The average Bonchev–Trinajstić information content (AvgIpc) is 2.42. The molecule has 0 aromatic heterocycles. The summed E-state index contributed by atoms with van der Waals surface area (Å²) in [4.78, 5) is 0. The van der Waals surface area contributed by atoms with Crippen LogP contribution in [0.25, 0.3) is 0 Å². The molecule has 1 N–H and O–H groups in total. The number of nitrogens with one attached hydrogen (secondary N) is 1. The van der Waals surface area contributed by atoms with Crippen molar-refractivity contribution < 1.29 is 9.47 Å². The van der Waals surface area contributed by atoms with Crippen LogP contribution in [0.2, 0.25) is 0 Å². The van der Waals surface area contributed by atoms with Gasteiger partial charge in [-0.05, 0) is 43.7 Å². The van der Waals surface area contributed by atoms with Crippen molar-refractivity contribution in [2.45, 2.75) is 52.5 Å². The van der Waals surface area contributed by atoms with E-state index in [0.29, 0.717) is 18.1 Å². The van der Waals surface area contributed by atoms with Gasteiger partial charge in [0.05, 0.1) is 13.2 Å². The van der Waals surface area contributed by atoms with Gasteiger partial charge in [0.25, 0.3) is 0 Å². The van der Waals surface area contributed by atoms with Crippen LogP contribution in [0.15, 0.2) is 24.3 Å². The first-order chi connectivity index (χ1) is 10.2. The SMILES string of the molecule is CCOc1ccccc1OCCC1(CNC(C)C)CCC1. The summed E-state index contributed by atoms with van der Waals surface area (Å²) in [5.74, 6) is 1.72. The van der Waals surface area contributed by atoms with Crippen LogP contribution in [0, 0.1) is 5.41 Å². The quantitative estimate of drug-likeness (QED) is 0.745. The van der Waals surface area contributed by atoms with Crippen molar-refractivity contribution in [2.24, 2.45) is 5.41 Å². The second kappa shape index (κ2) is 7.69. The zero-order valence-electron chi connectivity index (χ0n) is 13.7. The van der Waals surface area contributed by atoms with Gasteiger partial charge in [0.15, 0.2) is 11.5 Å². The third kappa shape index (κ3) is 4.63. The monoisotopic (exact) mass is 291 g/mol. The molecule has 0 atom stereocenters. The first-order valence-corrected chi connectivity index (χ1v) is 8.23. The van der Waals surface area contributed by atoms with Gasteiger partial charge in [-0.25, -0.2) is 0 Å². The summed E-state index contributed by atoms with van der Waals surface area (Å²) in [6, 6.07) is 8.50. The Morgan fingerprint density at radius 3 is 2.33 bits per heavy atom. The van der Waals surface area contributed by atoms with E-state index in [1.165, 1.54) is 19.3 Å². The first-order valence-electron chi connectivity index (χ1n) is 8.23. The lowest BCUT2D eigenvalue weighted by Gasteiger charge is -2.42. The Morgan fingerprint density at radius 1 is 1.14 bits per heavy atom. The summed E-state index contributed by atoms with van der Waals surface area (Å²) in [7, 11) is 0. The maximum atomic E-state index is 5.98. The Labute approximate surface area is 129 Å². The highest BCUT2D eigenvalue weighted by atomic mass is 16.5. The van der Waals surface area contributed by atoms with Crippen LogP contribution in [0.5, 0.6) is 11.5 Å². The van der Waals surface area contributed by atoms with Crippen molar-refractivity contribution in [3.8, 4) is 11.5 Å². The van der Waals surface area contributed by atoms with E-state index >= 15 is 0 Å². The van der Waals surface area contributed by atoms with Gasteiger partial charge >= 0.3 is 0 Å². The molecular weight excluding hydrogens is 262 g/mol. The van der Waals surface area contributed by atoms with Crippen LogP contribution in [0.1, 0.15) is 46.5 Å². The zero-order valence-corrected chi connectivity index (χ0v) is 13.7. The molecule has 0 spiro atoms. The largest absolute Gasteiger partial charge is 0.490 e. The van der Waals surface area contributed by atoms with E-state index in [0.717, 1.165) is 31.1 Å². The normalized spacial score (nSPS) is 16.6. The molecule has 1 aliphatic carbocycles. The van der Waals surface area contributed by atoms with Gasteiger partial charge < -0.3 is 14.8 Å². The summed E-state index contributed by atoms with van der Waals surface area (Å²) >= 11 is 0. The summed E-state index contributed by atoms with van der Waals surface area (Å²) in [5, 5.41) is 3.59. The van der Waals surface area contributed by atoms with E-state index in [9.17, 15) is 0 Å². The Balaban J connectivity index is 1.83. The maximum absolute atomic E-state index is 5.98. The van der Waals surface area contributed by atoms with Crippen LogP contribution in [-0.2, 0) is 0 Å². The fraction of sp³-hybridized carbons (Fsp3) is 0.667. The summed E-state index contributed by atoms with van der Waals surface area (Å²) in [6.07, 6.45) is 5.12. The molecule has 1 saturated carbocycles. The van der Waals surface area contributed by atoms with E-state index < -0.39 is 0 Å². The Morgan fingerprint density at radius 2 is 1.81 bits per heavy atom. The third-order valence-electron chi connectivity index (χ3n) is 4.34. The molecule has 2 rings (SSSR count). The van der Waals surface area contributed by atoms with Gasteiger partial charge in [-0.2, -0.15) is 0 Å². The minimum absolute atomic E-state index is 0.449. The van der Waals surface area contributed by atoms with Crippen molar-refractivity contribution in [1.82, 2.24) is 5.32 Å². The van der Waals surface area contributed by atoms with Gasteiger partial charge in [0.1, 0.15) is 0 Å². The van der Waals surface area contributed by atoms with Crippen molar-refractivity contribution in [3.05, 3.63) is 24.3 Å². The number of benzene rings is 1. The van der Waals surface area contributed by atoms with Crippen molar-refractivity contribution >= 4 is 0 Å². The third-order valence-corrected chi connectivity index (χ3v) is 4.34. The minimum Gasteiger partial charge on any atom is -0.490 e. The Hall–Kier alpha value is -1.22. The van der Waals surface area contributed by atoms with E-state index in [2.05, 4.69) is 19.2 Å². The van der Waals surface area contributed by atoms with Crippen LogP contribution in [0.4, 0.5) is 0 Å². The van der Waals surface area contributed by atoms with Crippen molar-refractivity contribution in [2.75, 3.05) is 19.8 Å². The van der Waals surface area contributed by atoms with E-state index in [4.69, 9.17) is 9.47 Å². The molecular formula is C18H29NO2. The molecule has 1 aromatic carbocycles. The van der Waals surface area contributed by atoms with Crippen LogP contribution in [-0.4, -0.2) is 25.8 Å². The number of para-hydroxylation sites is 2. The molecule has 1 aromatic rings. The predicted octanol–water partition coefficient (Wildman–Crippen LogP) is 4.02. The first kappa shape index (κ1) is 16.2. The molecule has 118 valence electrons. The molecule has 0 aliphatic heterocycles. The van der Waals surface area contributed by atoms with Gasteiger partial charge in [-0.15, -0.1) is 0 Å². The lowest BCUT2D eigenvalue weighted by molar-refractivity contribution is 0.0887. The smallest absolute Gasteiger partial charge is 0.161 e. The molecule has 0 bridgehead atoms. The fourth-order valence-electron chi connectivity index (χ4n) is 2.83. The molecule has 3 heteroatoms. The van der Waals surface area contributed by atoms with Crippen LogP contribution >= 0.6 is 0 Å². The molecule has 1 aliphatic rings. The Kier molecular flexibility index (Phi) is 5.92. The highest BCUT2D eigenvalue weighted by molar-refractivity contribution is 5.39. The van der Waals surface area contributed by atoms with Gasteiger partial charge in [0, 0.05) is 12.6 Å². The second-order valence-corrected chi connectivity index (χ2v) is 6.37. The molecule has 0 heterocycles. The van der Waals surface area contributed by atoms with E-state index in [1.54, 1.807) is 0 Å². The molecule has 0 amide bonds. The molecule has 1 fully saturated rings. The minimum atomic E-state index is 0.449. The summed E-state index contributed by atoms with van der Waals surface area (Å²) < 4.78 is 11.6. The lowest BCUT2D eigenvalue weighted by atomic mass is 9.66. The molecule has 3 nitrogen and oxygen atoms in total. The molecule has 0 unspecified atom stereocenters.